The lowest BCUT2D eigenvalue weighted by Crippen LogP contribution is -2.49. The Labute approximate surface area is 214 Å². The monoisotopic (exact) mass is 538 g/mol. The number of alkyl halides is 5. The van der Waals surface area contributed by atoms with Crippen molar-refractivity contribution in [3.05, 3.63) is 84.2 Å². The quantitative estimate of drug-likeness (QED) is 0.404. The third-order valence-corrected chi connectivity index (χ3v) is 6.32. The number of imidazole rings is 1. The summed E-state index contributed by atoms with van der Waals surface area (Å²) in [6.45, 7) is -0.850. The summed E-state index contributed by atoms with van der Waals surface area (Å²) in [7, 11) is 0. The largest absolute Gasteiger partial charge is 0.449 e. The van der Waals surface area contributed by atoms with Crippen LogP contribution in [0.1, 0.15) is 43.1 Å². The van der Waals surface area contributed by atoms with Gasteiger partial charge in [-0.3, -0.25) is 14.5 Å². The van der Waals surface area contributed by atoms with Crippen LogP contribution in [-0.4, -0.2) is 33.3 Å². The van der Waals surface area contributed by atoms with E-state index in [9.17, 15) is 35.9 Å². The first-order chi connectivity index (χ1) is 17.9. The third kappa shape index (κ3) is 6.35. The zero-order valence-corrected chi connectivity index (χ0v) is 20.0. The Morgan fingerprint density at radius 3 is 2.39 bits per heavy atom. The molecular formula is C26H24F6N4O2. The van der Waals surface area contributed by atoms with Crippen LogP contribution < -0.4 is 10.2 Å². The summed E-state index contributed by atoms with van der Waals surface area (Å²) in [6, 6.07) is 10.7. The van der Waals surface area contributed by atoms with Crippen molar-refractivity contribution in [1.29, 1.82) is 0 Å². The molecule has 1 saturated carbocycles. The summed E-state index contributed by atoms with van der Waals surface area (Å²) in [5, 5.41) is 2.71. The number of carbonyl (C=O) groups excluding carboxylic acids is 2. The van der Waals surface area contributed by atoms with Crippen molar-refractivity contribution in [3.63, 3.8) is 0 Å². The molecule has 12 heteroatoms. The van der Waals surface area contributed by atoms with Crippen LogP contribution in [0.15, 0.2) is 67.0 Å². The van der Waals surface area contributed by atoms with E-state index in [4.69, 9.17) is 0 Å². The standard InChI is InChI=1S/C26H24F6N4O2/c27-18-7-4-8-20(15-18)36(21(37)16-35-14-13-33-24(35)26(30,31)32)22(17-5-2-1-3-6-17)23(38)34-19-9-11-25(28,29)12-10-19/h1-8,13-15,19,22H,9-12,16H2,(H,34,38). The maximum absolute atomic E-state index is 14.2. The minimum atomic E-state index is -4.84. The van der Waals surface area contributed by atoms with Gasteiger partial charge in [0.1, 0.15) is 18.4 Å². The SMILES string of the molecule is O=C(NC1CCC(F)(F)CC1)C(c1ccccc1)N(C(=O)Cn1ccnc1C(F)(F)F)c1cccc(F)c1. The van der Waals surface area contributed by atoms with Gasteiger partial charge in [0.05, 0.1) is 0 Å². The number of amides is 2. The molecule has 0 saturated heterocycles. The molecule has 1 heterocycles. The van der Waals surface area contributed by atoms with Crippen LogP contribution in [0.5, 0.6) is 0 Å². The molecule has 0 bridgehead atoms. The highest BCUT2D eigenvalue weighted by Crippen LogP contribution is 2.35. The lowest BCUT2D eigenvalue weighted by atomic mass is 9.91. The van der Waals surface area contributed by atoms with E-state index in [1.54, 1.807) is 18.2 Å². The van der Waals surface area contributed by atoms with Crippen molar-refractivity contribution in [3.8, 4) is 0 Å². The number of carbonyl (C=O) groups is 2. The fourth-order valence-electron chi connectivity index (χ4n) is 4.50. The zero-order valence-electron chi connectivity index (χ0n) is 20.0. The van der Waals surface area contributed by atoms with Gasteiger partial charge in [0, 0.05) is 37.0 Å². The van der Waals surface area contributed by atoms with Crippen LogP contribution in [0, 0.1) is 5.82 Å². The minimum absolute atomic E-state index is 0.0120. The molecule has 202 valence electrons. The van der Waals surface area contributed by atoms with Crippen LogP contribution in [-0.2, 0) is 22.3 Å². The van der Waals surface area contributed by atoms with Crippen molar-refractivity contribution in [2.45, 2.75) is 56.4 Å². The van der Waals surface area contributed by atoms with Gasteiger partial charge in [0.25, 0.3) is 0 Å². The van der Waals surface area contributed by atoms with Crippen LogP contribution in [0.3, 0.4) is 0 Å². The number of nitrogens with zero attached hydrogens (tertiary/aromatic N) is 3. The van der Waals surface area contributed by atoms with E-state index in [1.165, 1.54) is 24.3 Å². The normalized spacial score (nSPS) is 16.6. The molecule has 6 nitrogen and oxygen atoms in total. The molecule has 1 N–H and O–H groups in total. The number of anilines is 1. The molecule has 2 amide bonds. The van der Waals surface area contributed by atoms with Crippen LogP contribution in [0.4, 0.5) is 32.0 Å². The smallest absolute Gasteiger partial charge is 0.351 e. The number of benzene rings is 2. The molecule has 1 unspecified atom stereocenters. The molecule has 1 aromatic heterocycles. The second kappa shape index (κ2) is 10.9. The van der Waals surface area contributed by atoms with E-state index in [-0.39, 0.29) is 18.5 Å². The summed E-state index contributed by atoms with van der Waals surface area (Å²) in [5.41, 5.74) is 0.230. The predicted octanol–water partition coefficient (Wildman–Crippen LogP) is 5.51. The molecule has 0 spiro atoms. The second-order valence-electron chi connectivity index (χ2n) is 9.07. The summed E-state index contributed by atoms with van der Waals surface area (Å²) in [5.74, 6) is -6.55. The average molecular weight is 538 g/mol. The topological polar surface area (TPSA) is 67.2 Å². The number of halogens is 6. The summed E-state index contributed by atoms with van der Waals surface area (Å²) in [4.78, 5) is 31.4. The van der Waals surface area contributed by atoms with E-state index >= 15 is 0 Å². The highest BCUT2D eigenvalue weighted by Gasteiger charge is 2.40. The number of hydrogen-bond acceptors (Lipinski definition) is 3. The molecule has 1 aliphatic carbocycles. The van der Waals surface area contributed by atoms with Gasteiger partial charge in [-0.25, -0.2) is 18.2 Å². The van der Waals surface area contributed by atoms with Crippen LogP contribution in [0.2, 0.25) is 0 Å². The Balaban J connectivity index is 1.72. The van der Waals surface area contributed by atoms with Crippen molar-refractivity contribution < 1.29 is 35.9 Å². The van der Waals surface area contributed by atoms with Gasteiger partial charge in [-0.2, -0.15) is 13.2 Å². The molecule has 1 fully saturated rings. The second-order valence-corrected chi connectivity index (χ2v) is 9.07. The van der Waals surface area contributed by atoms with Crippen LogP contribution >= 0.6 is 0 Å². The number of aromatic nitrogens is 2. The Hall–Kier alpha value is -3.83. The number of nitrogens with one attached hydrogen (secondary N) is 1. The Morgan fingerprint density at radius 1 is 1.08 bits per heavy atom. The van der Waals surface area contributed by atoms with E-state index < -0.39 is 67.0 Å². The summed E-state index contributed by atoms with van der Waals surface area (Å²) < 4.78 is 82.3. The zero-order chi connectivity index (χ0) is 27.5. The van der Waals surface area contributed by atoms with E-state index in [0.29, 0.717) is 10.1 Å². The minimum Gasteiger partial charge on any atom is -0.351 e. The maximum atomic E-state index is 14.2. The average Bonchev–Trinajstić information content (AvgIpc) is 3.33. The molecule has 1 aliphatic rings. The predicted molar refractivity (Wildman–Crippen MR) is 126 cm³/mol. The first kappa shape index (κ1) is 27.2. The first-order valence-corrected chi connectivity index (χ1v) is 11.8. The Bertz CT molecular complexity index is 1270. The molecule has 38 heavy (non-hydrogen) atoms. The van der Waals surface area contributed by atoms with Crippen molar-refractivity contribution in [2.24, 2.45) is 0 Å². The maximum Gasteiger partial charge on any atom is 0.449 e. The molecular weight excluding hydrogens is 514 g/mol. The summed E-state index contributed by atoms with van der Waals surface area (Å²) >= 11 is 0. The summed E-state index contributed by atoms with van der Waals surface area (Å²) in [6.07, 6.45) is -3.78. The molecule has 3 aromatic rings. The van der Waals surface area contributed by atoms with Gasteiger partial charge in [-0.05, 0) is 36.6 Å². The van der Waals surface area contributed by atoms with E-state index in [0.717, 1.165) is 29.4 Å². The van der Waals surface area contributed by atoms with Crippen molar-refractivity contribution in [1.82, 2.24) is 14.9 Å². The van der Waals surface area contributed by atoms with Crippen molar-refractivity contribution in [2.75, 3.05) is 4.90 Å². The Morgan fingerprint density at radius 2 is 1.76 bits per heavy atom. The molecule has 0 radical (unpaired) electrons. The fraction of sp³-hybridized carbons (Fsp3) is 0.346. The molecule has 2 aromatic carbocycles. The fourth-order valence-corrected chi connectivity index (χ4v) is 4.50. The van der Waals surface area contributed by atoms with Gasteiger partial charge < -0.3 is 9.88 Å². The highest BCUT2D eigenvalue weighted by molar-refractivity contribution is 6.01. The molecule has 1 atom stereocenters. The highest BCUT2D eigenvalue weighted by atomic mass is 19.4. The van der Waals surface area contributed by atoms with Gasteiger partial charge in [0.15, 0.2) is 0 Å². The number of rotatable bonds is 7. The Kier molecular flexibility index (Phi) is 7.79. The number of hydrogen-bond donors (Lipinski definition) is 1. The third-order valence-electron chi connectivity index (χ3n) is 6.32. The van der Waals surface area contributed by atoms with E-state index in [2.05, 4.69) is 10.3 Å². The van der Waals surface area contributed by atoms with Crippen molar-refractivity contribution >= 4 is 17.5 Å². The molecule has 4 rings (SSSR count). The van der Waals surface area contributed by atoms with E-state index in [1.807, 2.05) is 0 Å². The van der Waals surface area contributed by atoms with Gasteiger partial charge in [0.2, 0.25) is 23.6 Å². The first-order valence-electron chi connectivity index (χ1n) is 11.8. The van der Waals surface area contributed by atoms with Gasteiger partial charge >= 0.3 is 6.18 Å². The van der Waals surface area contributed by atoms with Gasteiger partial charge in [-0.1, -0.05) is 36.4 Å². The lowest BCUT2D eigenvalue weighted by Gasteiger charge is -2.34. The van der Waals surface area contributed by atoms with Gasteiger partial charge in [-0.15, -0.1) is 0 Å². The lowest BCUT2D eigenvalue weighted by molar-refractivity contribution is -0.147. The molecule has 0 aliphatic heterocycles. The van der Waals surface area contributed by atoms with Crippen LogP contribution in [0.25, 0.3) is 0 Å².